The van der Waals surface area contributed by atoms with Crippen molar-refractivity contribution in [3.63, 3.8) is 0 Å². The van der Waals surface area contributed by atoms with Gasteiger partial charge in [-0.1, -0.05) is 36.8 Å². The van der Waals surface area contributed by atoms with Crippen molar-refractivity contribution in [3.8, 4) is 0 Å². The van der Waals surface area contributed by atoms with Crippen LogP contribution in [0.1, 0.15) is 47.3 Å². The summed E-state index contributed by atoms with van der Waals surface area (Å²) in [7, 11) is -3.47. The molecule has 1 fully saturated rings. The molecule has 1 aromatic heterocycles. The molecule has 2 aromatic carbocycles. The highest BCUT2D eigenvalue weighted by Crippen LogP contribution is 2.23. The van der Waals surface area contributed by atoms with Gasteiger partial charge in [-0.3, -0.25) is 9.59 Å². The van der Waals surface area contributed by atoms with Gasteiger partial charge in [-0.2, -0.15) is 4.31 Å². The molecule has 0 bridgehead atoms. The Morgan fingerprint density at radius 3 is 2.42 bits per heavy atom. The van der Waals surface area contributed by atoms with Gasteiger partial charge < -0.3 is 9.72 Å². The third kappa shape index (κ3) is 5.17. The van der Waals surface area contributed by atoms with Crippen molar-refractivity contribution in [1.29, 1.82) is 0 Å². The van der Waals surface area contributed by atoms with Crippen molar-refractivity contribution in [3.05, 3.63) is 65.4 Å². The van der Waals surface area contributed by atoms with Gasteiger partial charge in [-0.05, 0) is 49.9 Å². The van der Waals surface area contributed by atoms with Gasteiger partial charge in [-0.25, -0.2) is 8.42 Å². The number of carbonyl (C=O) groups excluding carboxylic acids is 2. The summed E-state index contributed by atoms with van der Waals surface area (Å²) in [4.78, 5) is 28.3. The minimum absolute atomic E-state index is 0.109. The molecular formula is C25H28N2O5S. The fourth-order valence-electron chi connectivity index (χ4n) is 4.26. The molecule has 2 heterocycles. The second-order valence-corrected chi connectivity index (χ2v) is 10.3. The number of nitrogens with one attached hydrogen (secondary N) is 1. The summed E-state index contributed by atoms with van der Waals surface area (Å²) < 4.78 is 32.2. The number of nitrogens with zero attached hydrogens (tertiary/aromatic N) is 1. The Balaban J connectivity index is 1.30. The summed E-state index contributed by atoms with van der Waals surface area (Å²) in [5, 5.41) is 0.815. The Labute approximate surface area is 193 Å². The molecule has 0 unspecified atom stereocenters. The average Bonchev–Trinajstić information content (AvgIpc) is 3.17. The van der Waals surface area contributed by atoms with E-state index in [0.717, 1.165) is 41.4 Å². The number of benzene rings is 2. The van der Waals surface area contributed by atoms with E-state index in [2.05, 4.69) is 4.98 Å². The SMILES string of the molecule is Cc1[nH]c2ccccc2c1C(=O)COC(=O)CCc1ccc(S(=O)(=O)N2CCCCC2)cc1. The fourth-order valence-corrected chi connectivity index (χ4v) is 5.77. The van der Waals surface area contributed by atoms with Gasteiger partial charge >= 0.3 is 5.97 Å². The largest absolute Gasteiger partial charge is 0.457 e. The first-order valence-electron chi connectivity index (χ1n) is 11.2. The topological polar surface area (TPSA) is 96.5 Å². The fraction of sp³-hybridized carbons (Fsp3) is 0.360. The minimum Gasteiger partial charge on any atom is -0.457 e. The summed E-state index contributed by atoms with van der Waals surface area (Å²) >= 11 is 0. The van der Waals surface area contributed by atoms with Crippen molar-refractivity contribution in [2.24, 2.45) is 0 Å². The molecule has 8 heteroatoms. The lowest BCUT2D eigenvalue weighted by Crippen LogP contribution is -2.35. The van der Waals surface area contributed by atoms with Gasteiger partial charge in [0.25, 0.3) is 0 Å². The van der Waals surface area contributed by atoms with Crippen LogP contribution in [0.2, 0.25) is 0 Å². The molecule has 1 N–H and O–H groups in total. The molecule has 3 aromatic rings. The highest BCUT2D eigenvalue weighted by atomic mass is 32.2. The first-order chi connectivity index (χ1) is 15.9. The number of rotatable bonds is 8. The van der Waals surface area contributed by atoms with Crippen LogP contribution in [0.3, 0.4) is 0 Å². The van der Waals surface area contributed by atoms with E-state index in [1.807, 2.05) is 31.2 Å². The molecule has 0 saturated carbocycles. The summed E-state index contributed by atoms with van der Waals surface area (Å²) in [6.45, 7) is 2.64. The van der Waals surface area contributed by atoms with E-state index in [1.165, 1.54) is 4.31 Å². The lowest BCUT2D eigenvalue weighted by molar-refractivity contribution is -0.142. The van der Waals surface area contributed by atoms with E-state index in [0.29, 0.717) is 25.1 Å². The first kappa shape index (κ1) is 23.2. The summed E-state index contributed by atoms with van der Waals surface area (Å²) in [5.74, 6) is -0.712. The third-order valence-corrected chi connectivity index (χ3v) is 7.94. The van der Waals surface area contributed by atoms with Crippen LogP contribution < -0.4 is 0 Å². The maximum atomic E-state index is 12.7. The van der Waals surface area contributed by atoms with Gasteiger partial charge in [0, 0.05) is 41.7 Å². The predicted molar refractivity (Wildman–Crippen MR) is 126 cm³/mol. The molecule has 1 aliphatic heterocycles. The third-order valence-electron chi connectivity index (χ3n) is 6.03. The summed E-state index contributed by atoms with van der Waals surface area (Å²) in [6.07, 6.45) is 3.36. The van der Waals surface area contributed by atoms with E-state index in [1.54, 1.807) is 24.3 Å². The Morgan fingerprint density at radius 1 is 1.00 bits per heavy atom. The molecule has 0 spiro atoms. The smallest absolute Gasteiger partial charge is 0.306 e. The van der Waals surface area contributed by atoms with Gasteiger partial charge in [0.05, 0.1) is 4.90 Å². The summed E-state index contributed by atoms with van der Waals surface area (Å²) in [6, 6.07) is 14.2. The number of H-pyrrole nitrogens is 1. The Morgan fingerprint density at radius 2 is 1.70 bits per heavy atom. The van der Waals surface area contributed by atoms with Crippen molar-refractivity contribution in [2.75, 3.05) is 19.7 Å². The molecule has 7 nitrogen and oxygen atoms in total. The number of piperidine rings is 1. The molecule has 0 atom stereocenters. The highest BCUT2D eigenvalue weighted by Gasteiger charge is 2.25. The molecule has 1 saturated heterocycles. The lowest BCUT2D eigenvalue weighted by atomic mass is 10.1. The molecule has 0 amide bonds. The molecule has 0 radical (unpaired) electrons. The maximum absolute atomic E-state index is 12.7. The van der Waals surface area contributed by atoms with E-state index in [4.69, 9.17) is 4.74 Å². The Kier molecular flexibility index (Phi) is 6.95. The van der Waals surface area contributed by atoms with Crippen LogP contribution in [0.25, 0.3) is 10.9 Å². The molecule has 174 valence electrons. The van der Waals surface area contributed by atoms with Gasteiger partial charge in [0.1, 0.15) is 0 Å². The average molecular weight is 469 g/mol. The van der Waals surface area contributed by atoms with Crippen LogP contribution in [0.15, 0.2) is 53.4 Å². The van der Waals surface area contributed by atoms with Crippen LogP contribution in [0.5, 0.6) is 0 Å². The van der Waals surface area contributed by atoms with Crippen LogP contribution in [0.4, 0.5) is 0 Å². The number of Topliss-reactive ketones (excluding diaryl/α,β-unsaturated/α-hetero) is 1. The van der Waals surface area contributed by atoms with Gasteiger partial charge in [0.15, 0.2) is 6.61 Å². The number of carbonyl (C=O) groups is 2. The number of aromatic nitrogens is 1. The molecular weight excluding hydrogens is 440 g/mol. The van der Waals surface area contributed by atoms with E-state index >= 15 is 0 Å². The van der Waals surface area contributed by atoms with Gasteiger partial charge in [0.2, 0.25) is 15.8 Å². The maximum Gasteiger partial charge on any atom is 0.306 e. The number of ketones is 1. The number of para-hydroxylation sites is 1. The Hall–Kier alpha value is -2.97. The van der Waals surface area contributed by atoms with Crippen molar-refractivity contribution >= 4 is 32.7 Å². The van der Waals surface area contributed by atoms with Gasteiger partial charge in [-0.15, -0.1) is 0 Å². The number of ether oxygens (including phenoxy) is 1. The number of aryl methyl sites for hydroxylation is 2. The van der Waals surface area contributed by atoms with E-state index in [-0.39, 0.29) is 23.7 Å². The van der Waals surface area contributed by atoms with E-state index < -0.39 is 16.0 Å². The van der Waals surface area contributed by atoms with Crippen molar-refractivity contribution < 1.29 is 22.7 Å². The number of hydrogen-bond donors (Lipinski definition) is 1. The minimum atomic E-state index is -3.47. The quantitative estimate of drug-likeness (QED) is 0.398. The second kappa shape index (κ2) is 9.89. The van der Waals surface area contributed by atoms with Crippen molar-refractivity contribution in [1.82, 2.24) is 9.29 Å². The number of sulfonamides is 1. The van der Waals surface area contributed by atoms with E-state index in [9.17, 15) is 18.0 Å². The molecule has 4 rings (SSSR count). The lowest BCUT2D eigenvalue weighted by Gasteiger charge is -2.25. The number of hydrogen-bond acceptors (Lipinski definition) is 5. The van der Waals surface area contributed by atoms with Crippen LogP contribution in [-0.2, 0) is 26.0 Å². The normalized spacial score (nSPS) is 14.9. The number of esters is 1. The zero-order valence-electron chi connectivity index (χ0n) is 18.7. The predicted octanol–water partition coefficient (Wildman–Crippen LogP) is 4.01. The summed E-state index contributed by atoms with van der Waals surface area (Å²) in [5.41, 5.74) is 3.00. The van der Waals surface area contributed by atoms with Crippen molar-refractivity contribution in [2.45, 2.75) is 43.9 Å². The Bertz CT molecular complexity index is 1260. The molecule has 33 heavy (non-hydrogen) atoms. The number of fused-ring (bicyclic) bond motifs is 1. The zero-order chi connectivity index (χ0) is 23.4. The van der Waals surface area contributed by atoms with Crippen LogP contribution in [0, 0.1) is 6.92 Å². The first-order valence-corrected chi connectivity index (χ1v) is 12.7. The zero-order valence-corrected chi connectivity index (χ0v) is 19.5. The number of aromatic amines is 1. The van der Waals surface area contributed by atoms with Crippen LogP contribution >= 0.6 is 0 Å². The molecule has 0 aliphatic carbocycles. The van der Waals surface area contributed by atoms with Crippen LogP contribution in [-0.4, -0.2) is 49.2 Å². The molecule has 1 aliphatic rings. The standard InChI is InChI=1S/C25H28N2O5S/c1-18-25(21-7-3-4-8-22(21)26-18)23(28)17-32-24(29)14-11-19-9-12-20(13-10-19)33(30,31)27-15-5-2-6-16-27/h3-4,7-10,12-13,26H,2,5-6,11,14-17H2,1H3. The second-order valence-electron chi connectivity index (χ2n) is 8.36. The monoisotopic (exact) mass is 468 g/mol. The highest BCUT2D eigenvalue weighted by molar-refractivity contribution is 7.89.